The average Bonchev–Trinajstić information content (AvgIpc) is 2.36. The number of nitrogen functional groups attached to an aromatic ring is 1. The van der Waals surface area contributed by atoms with Gasteiger partial charge in [-0.25, -0.2) is 17.8 Å². The van der Waals surface area contributed by atoms with E-state index in [1.165, 1.54) is 18.3 Å². The fraction of sp³-hybridized carbons (Fsp3) is 0. The van der Waals surface area contributed by atoms with Gasteiger partial charge in [0.2, 0.25) is 0 Å². The maximum atomic E-state index is 13.9. The van der Waals surface area contributed by atoms with Crippen LogP contribution < -0.4 is 10.5 Å². The van der Waals surface area contributed by atoms with Gasteiger partial charge < -0.3 is 5.73 Å². The second kappa shape index (κ2) is 5.66. The topological polar surface area (TPSA) is 85.1 Å². The second-order valence-corrected chi connectivity index (χ2v) is 7.20. The van der Waals surface area contributed by atoms with Gasteiger partial charge in [-0.2, -0.15) is 0 Å². The molecule has 0 amide bonds. The Morgan fingerprint density at radius 3 is 2.55 bits per heavy atom. The Morgan fingerprint density at radius 1 is 1.25 bits per heavy atom. The largest absolute Gasteiger partial charge is 0.399 e. The fourth-order valence-corrected chi connectivity index (χ4v) is 3.40. The van der Waals surface area contributed by atoms with Gasteiger partial charge >= 0.3 is 0 Å². The number of nitrogens with zero attached hydrogens (tertiary/aromatic N) is 1. The Morgan fingerprint density at radius 2 is 1.95 bits per heavy atom. The summed E-state index contributed by atoms with van der Waals surface area (Å²) in [6.07, 6.45) is 1.42. The van der Waals surface area contributed by atoms with E-state index in [9.17, 15) is 12.8 Å². The molecule has 1 aromatic heterocycles. The zero-order valence-corrected chi connectivity index (χ0v) is 13.8. The van der Waals surface area contributed by atoms with Crippen LogP contribution in [0.3, 0.4) is 0 Å². The Balaban J connectivity index is 2.43. The molecule has 0 spiro atoms. The Kier molecular flexibility index (Phi) is 4.31. The van der Waals surface area contributed by atoms with Crippen molar-refractivity contribution in [3.05, 3.63) is 45.2 Å². The molecule has 3 N–H and O–H groups in total. The number of aromatic nitrogens is 1. The molecule has 106 valence electrons. The van der Waals surface area contributed by atoms with Crippen LogP contribution in [0.4, 0.5) is 15.9 Å². The first-order valence-electron chi connectivity index (χ1n) is 5.18. The number of rotatable bonds is 3. The van der Waals surface area contributed by atoms with Crippen molar-refractivity contribution in [2.24, 2.45) is 0 Å². The first-order valence-corrected chi connectivity index (χ1v) is 8.25. The zero-order valence-electron chi connectivity index (χ0n) is 9.77. The van der Waals surface area contributed by atoms with Crippen LogP contribution in [0, 0.1) is 5.82 Å². The number of pyridine rings is 1. The summed E-state index contributed by atoms with van der Waals surface area (Å²) in [5, 5.41) is 0. The summed E-state index contributed by atoms with van der Waals surface area (Å²) < 4.78 is 41.0. The van der Waals surface area contributed by atoms with E-state index in [2.05, 4.69) is 41.6 Å². The van der Waals surface area contributed by atoms with Gasteiger partial charge in [-0.1, -0.05) is 0 Å². The maximum Gasteiger partial charge on any atom is 0.266 e. The van der Waals surface area contributed by atoms with Gasteiger partial charge in [0.05, 0.1) is 4.47 Å². The normalized spacial score (nSPS) is 11.3. The zero-order chi connectivity index (χ0) is 14.9. The highest BCUT2D eigenvalue weighted by Crippen LogP contribution is 2.27. The minimum absolute atomic E-state index is 0.0263. The van der Waals surface area contributed by atoms with Gasteiger partial charge in [-0.05, 0) is 56.1 Å². The molecule has 0 saturated heterocycles. The van der Waals surface area contributed by atoms with Gasteiger partial charge in [0.1, 0.15) is 10.7 Å². The molecule has 20 heavy (non-hydrogen) atoms. The van der Waals surface area contributed by atoms with Gasteiger partial charge in [0, 0.05) is 16.4 Å². The molecule has 0 saturated carbocycles. The first-order chi connectivity index (χ1) is 9.29. The molecule has 1 aromatic carbocycles. The lowest BCUT2D eigenvalue weighted by molar-refractivity contribution is 0.566. The third-order valence-corrected chi connectivity index (χ3v) is 4.67. The molecule has 1 heterocycles. The maximum absolute atomic E-state index is 13.9. The molecule has 2 rings (SSSR count). The van der Waals surface area contributed by atoms with Crippen molar-refractivity contribution >= 4 is 53.4 Å². The van der Waals surface area contributed by atoms with Crippen molar-refractivity contribution in [2.75, 3.05) is 10.5 Å². The smallest absolute Gasteiger partial charge is 0.266 e. The monoisotopic (exact) mass is 423 g/mol. The van der Waals surface area contributed by atoms with Crippen LogP contribution in [0.25, 0.3) is 0 Å². The molecule has 5 nitrogen and oxygen atoms in total. The molecule has 0 bridgehead atoms. The lowest BCUT2D eigenvalue weighted by Gasteiger charge is -2.10. The van der Waals surface area contributed by atoms with Gasteiger partial charge in [-0.15, -0.1) is 0 Å². The third-order valence-electron chi connectivity index (χ3n) is 2.27. The molecule has 9 heteroatoms. The van der Waals surface area contributed by atoms with E-state index in [-0.39, 0.29) is 16.0 Å². The minimum Gasteiger partial charge on any atom is -0.399 e. The standard InChI is InChI=1S/C11H8Br2FN3O2S/c12-6-1-2-10(16-5-6)17-20(18,19)9-4-7(15)3-8(13)11(9)14/h1-5H,15H2,(H,16,17). The summed E-state index contributed by atoms with van der Waals surface area (Å²) in [6.45, 7) is 0. The van der Waals surface area contributed by atoms with E-state index in [0.29, 0.717) is 4.47 Å². The molecule has 0 aliphatic heterocycles. The number of halogens is 3. The summed E-state index contributed by atoms with van der Waals surface area (Å²) in [5.41, 5.74) is 5.65. The number of sulfonamides is 1. The Labute approximate surface area is 131 Å². The number of anilines is 2. The van der Waals surface area contributed by atoms with Crippen LogP contribution in [-0.2, 0) is 10.0 Å². The molecule has 0 aliphatic carbocycles. The van der Waals surface area contributed by atoms with Crippen molar-refractivity contribution in [3.63, 3.8) is 0 Å². The molecule has 0 fully saturated rings. The molecule has 2 aromatic rings. The van der Waals surface area contributed by atoms with E-state index in [4.69, 9.17) is 5.73 Å². The third kappa shape index (κ3) is 3.28. The van der Waals surface area contributed by atoms with Crippen LogP contribution in [-0.4, -0.2) is 13.4 Å². The lowest BCUT2D eigenvalue weighted by Crippen LogP contribution is -2.16. The van der Waals surface area contributed by atoms with Gasteiger partial charge in [-0.3, -0.25) is 4.72 Å². The quantitative estimate of drug-likeness (QED) is 0.741. The van der Waals surface area contributed by atoms with Crippen molar-refractivity contribution < 1.29 is 12.8 Å². The number of nitrogens with one attached hydrogen (secondary N) is 1. The van der Waals surface area contributed by atoms with Crippen LogP contribution in [0.5, 0.6) is 0 Å². The van der Waals surface area contributed by atoms with Crippen LogP contribution in [0.2, 0.25) is 0 Å². The summed E-state index contributed by atoms with van der Waals surface area (Å²) in [7, 11) is -4.11. The predicted molar refractivity (Wildman–Crippen MR) is 81.3 cm³/mol. The fourth-order valence-electron chi connectivity index (χ4n) is 1.41. The highest BCUT2D eigenvalue weighted by molar-refractivity contribution is 9.10. The van der Waals surface area contributed by atoms with Crippen LogP contribution in [0.15, 0.2) is 44.3 Å². The summed E-state index contributed by atoms with van der Waals surface area (Å²) >= 11 is 6.09. The highest BCUT2D eigenvalue weighted by Gasteiger charge is 2.22. The Hall–Kier alpha value is -1.19. The molecule has 0 radical (unpaired) electrons. The van der Waals surface area contributed by atoms with E-state index >= 15 is 0 Å². The van der Waals surface area contributed by atoms with E-state index in [1.54, 1.807) is 6.07 Å². The van der Waals surface area contributed by atoms with E-state index < -0.39 is 20.7 Å². The predicted octanol–water partition coefficient (Wildman–Crippen LogP) is 3.13. The molecule has 0 aliphatic rings. The van der Waals surface area contributed by atoms with Gasteiger partial charge in [0.25, 0.3) is 10.0 Å². The Bertz CT molecular complexity index is 751. The summed E-state index contributed by atoms with van der Waals surface area (Å²) in [6, 6.07) is 5.38. The summed E-state index contributed by atoms with van der Waals surface area (Å²) in [4.78, 5) is 3.31. The number of benzene rings is 1. The number of hydrogen-bond donors (Lipinski definition) is 2. The first kappa shape index (κ1) is 15.2. The summed E-state index contributed by atoms with van der Waals surface area (Å²) in [5.74, 6) is -0.838. The second-order valence-electron chi connectivity index (χ2n) is 3.78. The van der Waals surface area contributed by atoms with Crippen LogP contribution >= 0.6 is 31.9 Å². The van der Waals surface area contributed by atoms with E-state index in [0.717, 1.165) is 6.07 Å². The van der Waals surface area contributed by atoms with Crippen LogP contribution in [0.1, 0.15) is 0 Å². The van der Waals surface area contributed by atoms with Crippen molar-refractivity contribution in [1.29, 1.82) is 0 Å². The average molecular weight is 425 g/mol. The van der Waals surface area contributed by atoms with Crippen molar-refractivity contribution in [1.82, 2.24) is 4.98 Å². The molecule has 0 unspecified atom stereocenters. The van der Waals surface area contributed by atoms with Gasteiger partial charge in [0.15, 0.2) is 5.82 Å². The van der Waals surface area contributed by atoms with Crippen molar-refractivity contribution in [3.8, 4) is 0 Å². The lowest BCUT2D eigenvalue weighted by atomic mass is 10.3. The molecule has 0 atom stereocenters. The molecular weight excluding hydrogens is 417 g/mol. The van der Waals surface area contributed by atoms with E-state index in [1.807, 2.05) is 0 Å². The highest BCUT2D eigenvalue weighted by atomic mass is 79.9. The van der Waals surface area contributed by atoms with Crippen molar-refractivity contribution in [2.45, 2.75) is 4.90 Å². The number of hydrogen-bond acceptors (Lipinski definition) is 4. The number of nitrogens with two attached hydrogens (primary N) is 1. The SMILES string of the molecule is Nc1cc(Br)c(F)c(S(=O)(=O)Nc2ccc(Br)cn2)c1. The molecular formula is C11H8Br2FN3O2S. The minimum atomic E-state index is -4.11.